The Labute approximate surface area is 114 Å². The van der Waals surface area contributed by atoms with Crippen LogP contribution in [0, 0.1) is 5.92 Å². The largest absolute Gasteiger partial charge is 0.393 e. The minimum absolute atomic E-state index is 0.141. The summed E-state index contributed by atoms with van der Waals surface area (Å²) < 4.78 is 23.4. The molecule has 1 heterocycles. The van der Waals surface area contributed by atoms with E-state index in [1.807, 2.05) is 0 Å². The number of sulfone groups is 1. The third kappa shape index (κ3) is 5.30. The van der Waals surface area contributed by atoms with Crippen LogP contribution in [0.25, 0.3) is 0 Å². The van der Waals surface area contributed by atoms with Crippen LogP contribution < -0.4 is 5.73 Å². The van der Waals surface area contributed by atoms with Crippen molar-refractivity contribution in [1.82, 2.24) is 4.90 Å². The predicted octanol–water partition coefficient (Wildman–Crippen LogP) is 0.336. The molecule has 0 saturated carbocycles. The fourth-order valence-electron chi connectivity index (χ4n) is 1.87. The van der Waals surface area contributed by atoms with Gasteiger partial charge in [0.1, 0.15) is 5.75 Å². The maximum atomic E-state index is 11.8. The number of likely N-dealkylation sites (tertiary alicyclic amines) is 1. The molecule has 1 aliphatic rings. The lowest BCUT2D eigenvalue weighted by molar-refractivity contribution is -0.129. The quantitative estimate of drug-likeness (QED) is 0.739. The van der Waals surface area contributed by atoms with Crippen molar-refractivity contribution in [1.29, 1.82) is 0 Å². The van der Waals surface area contributed by atoms with Gasteiger partial charge in [-0.1, -0.05) is 19.1 Å². The molecule has 7 heteroatoms. The summed E-state index contributed by atoms with van der Waals surface area (Å²) in [5, 5.41) is 0. The normalized spacial score (nSPS) is 17.7. The summed E-state index contributed by atoms with van der Waals surface area (Å²) in [6, 6.07) is 0. The van der Waals surface area contributed by atoms with E-state index in [0.717, 1.165) is 12.8 Å². The number of hydrogen-bond acceptors (Lipinski definition) is 4. The summed E-state index contributed by atoms with van der Waals surface area (Å²) in [5.74, 6) is -0.257. The van der Waals surface area contributed by atoms with Crippen molar-refractivity contribution in [3.8, 4) is 0 Å². The number of rotatable bonds is 5. The van der Waals surface area contributed by atoms with E-state index in [1.54, 1.807) is 4.90 Å². The molecule has 0 aliphatic carbocycles. The lowest BCUT2D eigenvalue weighted by Crippen LogP contribution is -2.41. The molecule has 18 heavy (non-hydrogen) atoms. The van der Waals surface area contributed by atoms with E-state index in [4.69, 9.17) is 5.73 Å². The molecule has 1 fully saturated rings. The molecule has 0 aromatic carbocycles. The summed E-state index contributed by atoms with van der Waals surface area (Å²) in [6.45, 7) is 3.45. The van der Waals surface area contributed by atoms with Gasteiger partial charge in [-0.3, -0.25) is 4.79 Å². The van der Waals surface area contributed by atoms with Gasteiger partial charge in [-0.25, -0.2) is 8.42 Å². The van der Waals surface area contributed by atoms with Crippen LogP contribution in [0.3, 0.4) is 0 Å². The Bertz CT molecular complexity index is 412. The molecule has 5 nitrogen and oxygen atoms in total. The summed E-state index contributed by atoms with van der Waals surface area (Å²) in [6.07, 6.45) is 2.03. The molecule has 0 radical (unpaired) electrons. The lowest BCUT2D eigenvalue weighted by Gasteiger charge is -2.30. The van der Waals surface area contributed by atoms with Crippen molar-refractivity contribution in [2.45, 2.75) is 26.2 Å². The molecular formula is C11H20N2O3S2. The van der Waals surface area contributed by atoms with Gasteiger partial charge in [0.2, 0.25) is 5.91 Å². The number of nitrogens with two attached hydrogens (primary N) is 1. The Kier molecular flexibility index (Phi) is 5.52. The SMILES string of the molecule is CC1CCN(C(=O)CS(=O)(=O)CCC(N)=S)CC1. The highest BCUT2D eigenvalue weighted by molar-refractivity contribution is 7.92. The van der Waals surface area contributed by atoms with Crippen LogP contribution in [-0.4, -0.2) is 48.8 Å². The molecule has 1 saturated heterocycles. The number of nitrogens with zero attached hydrogens (tertiary/aromatic N) is 1. The zero-order valence-corrected chi connectivity index (χ0v) is 12.2. The Hall–Kier alpha value is -0.690. The first kappa shape index (κ1) is 15.4. The molecule has 0 aromatic heterocycles. The van der Waals surface area contributed by atoms with Crippen molar-refractivity contribution >= 4 is 33.0 Å². The average Bonchev–Trinajstić information content (AvgIpc) is 2.27. The molecule has 0 aromatic rings. The van der Waals surface area contributed by atoms with Gasteiger partial charge in [0, 0.05) is 19.5 Å². The van der Waals surface area contributed by atoms with Crippen LogP contribution in [0.5, 0.6) is 0 Å². The Morgan fingerprint density at radius 2 is 1.94 bits per heavy atom. The van der Waals surface area contributed by atoms with Gasteiger partial charge in [-0.2, -0.15) is 0 Å². The zero-order valence-electron chi connectivity index (χ0n) is 10.6. The molecule has 0 bridgehead atoms. The molecule has 0 unspecified atom stereocenters. The summed E-state index contributed by atoms with van der Waals surface area (Å²) in [5.41, 5.74) is 5.26. The van der Waals surface area contributed by atoms with Crippen molar-refractivity contribution in [3.63, 3.8) is 0 Å². The predicted molar refractivity (Wildman–Crippen MR) is 75.0 cm³/mol. The first-order valence-electron chi connectivity index (χ1n) is 6.06. The number of thiocarbonyl (C=S) groups is 1. The Morgan fingerprint density at radius 3 is 2.44 bits per heavy atom. The first-order valence-corrected chi connectivity index (χ1v) is 8.29. The first-order chi connectivity index (χ1) is 8.30. The molecule has 2 N–H and O–H groups in total. The van der Waals surface area contributed by atoms with Gasteiger partial charge in [0.05, 0.1) is 10.7 Å². The number of carbonyl (C=O) groups excluding carboxylic acids is 1. The van der Waals surface area contributed by atoms with E-state index < -0.39 is 15.6 Å². The standard InChI is InChI=1S/C11H20N2O3S2/c1-9-2-5-13(6-3-9)11(14)8-18(15,16)7-4-10(12)17/h9H,2-8H2,1H3,(H2,12,17). The van der Waals surface area contributed by atoms with E-state index in [1.165, 1.54) is 0 Å². The molecule has 1 aliphatic heterocycles. The fraction of sp³-hybridized carbons (Fsp3) is 0.818. The highest BCUT2D eigenvalue weighted by Crippen LogP contribution is 2.16. The number of hydrogen-bond donors (Lipinski definition) is 1. The maximum Gasteiger partial charge on any atom is 0.237 e. The molecular weight excluding hydrogens is 272 g/mol. The van der Waals surface area contributed by atoms with Crippen LogP contribution in [0.1, 0.15) is 26.2 Å². The van der Waals surface area contributed by atoms with Crippen molar-refractivity contribution in [2.75, 3.05) is 24.6 Å². The monoisotopic (exact) mass is 292 g/mol. The summed E-state index contributed by atoms with van der Waals surface area (Å²) >= 11 is 4.63. The molecule has 1 amide bonds. The van der Waals surface area contributed by atoms with Crippen LogP contribution in [0.4, 0.5) is 0 Å². The van der Waals surface area contributed by atoms with Gasteiger partial charge in [-0.15, -0.1) is 0 Å². The maximum absolute atomic E-state index is 11.8. The average molecular weight is 292 g/mol. The van der Waals surface area contributed by atoms with Crippen LogP contribution in [0.2, 0.25) is 0 Å². The van der Waals surface area contributed by atoms with Crippen LogP contribution in [0.15, 0.2) is 0 Å². The van der Waals surface area contributed by atoms with Crippen LogP contribution in [-0.2, 0) is 14.6 Å². The van der Waals surface area contributed by atoms with Crippen molar-refractivity contribution in [2.24, 2.45) is 11.7 Å². The minimum Gasteiger partial charge on any atom is -0.393 e. The Morgan fingerprint density at radius 1 is 1.39 bits per heavy atom. The third-order valence-corrected chi connectivity index (χ3v) is 4.86. The lowest BCUT2D eigenvalue weighted by atomic mass is 9.99. The second kappa shape index (κ2) is 6.47. The number of piperidine rings is 1. The third-order valence-electron chi connectivity index (χ3n) is 3.14. The molecule has 1 rings (SSSR count). The van der Waals surface area contributed by atoms with Gasteiger partial charge in [0.15, 0.2) is 9.84 Å². The number of carbonyl (C=O) groups is 1. The topological polar surface area (TPSA) is 80.5 Å². The Balaban J connectivity index is 2.46. The van der Waals surface area contributed by atoms with E-state index >= 15 is 0 Å². The van der Waals surface area contributed by atoms with Crippen molar-refractivity contribution < 1.29 is 13.2 Å². The van der Waals surface area contributed by atoms with Gasteiger partial charge in [-0.05, 0) is 18.8 Å². The van der Waals surface area contributed by atoms with Gasteiger partial charge >= 0.3 is 0 Å². The fourth-order valence-corrected chi connectivity index (χ4v) is 3.33. The van der Waals surface area contributed by atoms with E-state index in [9.17, 15) is 13.2 Å². The molecule has 104 valence electrons. The van der Waals surface area contributed by atoms with Gasteiger partial charge in [0.25, 0.3) is 0 Å². The minimum atomic E-state index is -3.40. The highest BCUT2D eigenvalue weighted by Gasteiger charge is 2.24. The zero-order chi connectivity index (χ0) is 13.8. The molecule has 0 spiro atoms. The van der Waals surface area contributed by atoms with Gasteiger partial charge < -0.3 is 10.6 Å². The second-order valence-electron chi connectivity index (χ2n) is 4.87. The summed E-state index contributed by atoms with van der Waals surface area (Å²) in [7, 11) is -3.40. The second-order valence-corrected chi connectivity index (χ2v) is 7.58. The smallest absolute Gasteiger partial charge is 0.237 e. The van der Waals surface area contributed by atoms with E-state index in [0.29, 0.717) is 19.0 Å². The van der Waals surface area contributed by atoms with Crippen LogP contribution >= 0.6 is 12.2 Å². The van der Waals surface area contributed by atoms with E-state index in [-0.39, 0.29) is 23.1 Å². The van der Waals surface area contributed by atoms with Crippen molar-refractivity contribution in [3.05, 3.63) is 0 Å². The molecule has 0 atom stereocenters. The van der Waals surface area contributed by atoms with E-state index in [2.05, 4.69) is 19.1 Å². The number of amides is 1. The highest BCUT2D eigenvalue weighted by atomic mass is 32.2. The summed E-state index contributed by atoms with van der Waals surface area (Å²) in [4.78, 5) is 13.6.